The molecule has 5 nitrogen and oxygen atoms in total. The SMILES string of the molecule is N#Cc1cnc2ccc(NC3CCCC3c3ccccn3)cc2c1Nc1ccc(F)c(Cl)c1. The van der Waals surface area contributed by atoms with Crippen molar-refractivity contribution in [2.24, 2.45) is 0 Å². The first-order valence-electron chi connectivity index (χ1n) is 10.8. The zero-order valence-electron chi connectivity index (χ0n) is 17.7. The van der Waals surface area contributed by atoms with Gasteiger partial charge in [-0.25, -0.2) is 4.39 Å². The number of fused-ring (bicyclic) bond motifs is 1. The Morgan fingerprint density at radius 2 is 1.91 bits per heavy atom. The van der Waals surface area contributed by atoms with E-state index in [2.05, 4.69) is 32.7 Å². The summed E-state index contributed by atoms with van der Waals surface area (Å²) >= 11 is 5.95. The summed E-state index contributed by atoms with van der Waals surface area (Å²) in [5, 5.41) is 17.4. The van der Waals surface area contributed by atoms with Crippen molar-refractivity contribution in [3.05, 3.63) is 89.1 Å². The van der Waals surface area contributed by atoms with E-state index in [1.165, 1.54) is 18.3 Å². The van der Waals surface area contributed by atoms with Crippen LogP contribution in [0.15, 0.2) is 67.0 Å². The summed E-state index contributed by atoms with van der Waals surface area (Å²) in [7, 11) is 0. The Bertz CT molecular complexity index is 1350. The van der Waals surface area contributed by atoms with Crippen molar-refractivity contribution < 1.29 is 4.39 Å². The molecule has 5 rings (SSSR count). The van der Waals surface area contributed by atoms with Crippen LogP contribution in [0.25, 0.3) is 10.9 Å². The Balaban J connectivity index is 1.49. The Morgan fingerprint density at radius 3 is 2.70 bits per heavy atom. The predicted molar refractivity (Wildman–Crippen MR) is 129 cm³/mol. The Hall–Kier alpha value is -3.69. The van der Waals surface area contributed by atoms with Crippen molar-refractivity contribution >= 4 is 39.6 Å². The van der Waals surface area contributed by atoms with Crippen molar-refractivity contribution in [3.8, 4) is 6.07 Å². The van der Waals surface area contributed by atoms with Gasteiger partial charge in [0.25, 0.3) is 0 Å². The zero-order valence-corrected chi connectivity index (χ0v) is 18.5. The molecule has 4 aromatic rings. The van der Waals surface area contributed by atoms with Gasteiger partial charge in [-0.15, -0.1) is 0 Å². The maximum Gasteiger partial charge on any atom is 0.141 e. The second-order valence-electron chi connectivity index (χ2n) is 8.19. The monoisotopic (exact) mass is 457 g/mol. The van der Waals surface area contributed by atoms with Gasteiger partial charge in [-0.05, 0) is 61.4 Å². The van der Waals surface area contributed by atoms with E-state index in [0.29, 0.717) is 22.9 Å². The maximum absolute atomic E-state index is 13.6. The van der Waals surface area contributed by atoms with E-state index in [9.17, 15) is 9.65 Å². The number of nitrogens with one attached hydrogen (secondary N) is 2. The van der Waals surface area contributed by atoms with E-state index >= 15 is 0 Å². The summed E-state index contributed by atoms with van der Waals surface area (Å²) in [5.41, 5.74) is 4.41. The summed E-state index contributed by atoms with van der Waals surface area (Å²) < 4.78 is 13.6. The highest BCUT2D eigenvalue weighted by molar-refractivity contribution is 6.31. The van der Waals surface area contributed by atoms with Crippen molar-refractivity contribution in [3.63, 3.8) is 0 Å². The molecule has 33 heavy (non-hydrogen) atoms. The minimum Gasteiger partial charge on any atom is -0.382 e. The summed E-state index contributed by atoms with van der Waals surface area (Å²) in [6.45, 7) is 0. The molecule has 0 amide bonds. The van der Waals surface area contributed by atoms with Crippen LogP contribution in [0.1, 0.15) is 36.4 Å². The number of halogens is 2. The molecular weight excluding hydrogens is 437 g/mol. The van der Waals surface area contributed by atoms with Crippen molar-refractivity contribution in [2.75, 3.05) is 10.6 Å². The molecule has 0 saturated heterocycles. The van der Waals surface area contributed by atoms with E-state index < -0.39 is 5.82 Å². The van der Waals surface area contributed by atoms with E-state index in [1.807, 2.05) is 36.5 Å². The second-order valence-corrected chi connectivity index (χ2v) is 8.59. The molecule has 0 radical (unpaired) electrons. The van der Waals surface area contributed by atoms with Gasteiger partial charge < -0.3 is 10.6 Å². The van der Waals surface area contributed by atoms with Crippen LogP contribution in [-0.2, 0) is 0 Å². The van der Waals surface area contributed by atoms with Crippen LogP contribution in [0.3, 0.4) is 0 Å². The number of benzene rings is 2. The summed E-state index contributed by atoms with van der Waals surface area (Å²) in [6, 6.07) is 18.9. The Morgan fingerprint density at radius 1 is 1.03 bits per heavy atom. The number of aromatic nitrogens is 2. The first kappa shape index (κ1) is 21.2. The Labute approximate surface area is 196 Å². The number of nitriles is 1. The van der Waals surface area contributed by atoms with Crippen molar-refractivity contribution in [2.45, 2.75) is 31.2 Å². The van der Waals surface area contributed by atoms with Crippen LogP contribution < -0.4 is 10.6 Å². The van der Waals surface area contributed by atoms with Crippen LogP contribution in [0.2, 0.25) is 5.02 Å². The molecule has 164 valence electrons. The molecule has 1 aliphatic rings. The molecule has 7 heteroatoms. The fourth-order valence-electron chi connectivity index (χ4n) is 4.52. The van der Waals surface area contributed by atoms with Gasteiger partial charge in [0.05, 0.1) is 21.8 Å². The van der Waals surface area contributed by atoms with Crippen molar-refractivity contribution in [1.82, 2.24) is 9.97 Å². The normalized spacial score (nSPS) is 17.6. The van der Waals surface area contributed by atoms with Gasteiger partial charge in [0.15, 0.2) is 0 Å². The third kappa shape index (κ3) is 4.33. The lowest BCUT2D eigenvalue weighted by Gasteiger charge is -2.22. The standard InChI is InChI=1S/C26H21ClFN5/c27-21-13-18(7-9-22(21)28)33-26-16(14-29)15-31-24-10-8-17(12-20(24)26)32-25-6-3-4-19(25)23-5-1-2-11-30-23/h1-2,5,7-13,15,19,25,32H,3-4,6H2,(H,31,33). The van der Waals surface area contributed by atoms with E-state index in [1.54, 1.807) is 6.07 Å². The van der Waals surface area contributed by atoms with Crippen LogP contribution in [-0.4, -0.2) is 16.0 Å². The molecule has 2 heterocycles. The minimum atomic E-state index is -0.493. The van der Waals surface area contributed by atoms with Gasteiger partial charge >= 0.3 is 0 Å². The molecule has 2 unspecified atom stereocenters. The topological polar surface area (TPSA) is 73.6 Å². The highest BCUT2D eigenvalue weighted by Crippen LogP contribution is 2.37. The number of anilines is 3. The Kier molecular flexibility index (Phi) is 5.80. The smallest absolute Gasteiger partial charge is 0.141 e. The fourth-order valence-corrected chi connectivity index (χ4v) is 4.70. The number of nitrogens with zero attached hydrogens (tertiary/aromatic N) is 3. The molecule has 1 aliphatic carbocycles. The number of rotatable bonds is 5. The summed E-state index contributed by atoms with van der Waals surface area (Å²) in [5.74, 6) is -0.141. The van der Waals surface area contributed by atoms with Crippen LogP contribution in [0.4, 0.5) is 21.5 Å². The minimum absolute atomic E-state index is 0.0148. The number of hydrogen-bond donors (Lipinski definition) is 2. The summed E-state index contributed by atoms with van der Waals surface area (Å²) in [4.78, 5) is 9.00. The third-order valence-corrected chi connectivity index (χ3v) is 6.40. The highest BCUT2D eigenvalue weighted by Gasteiger charge is 2.29. The lowest BCUT2D eigenvalue weighted by molar-refractivity contribution is 0.628. The quantitative estimate of drug-likeness (QED) is 0.345. The zero-order chi connectivity index (χ0) is 22.8. The van der Waals surface area contributed by atoms with Gasteiger partial charge in [0, 0.05) is 46.8 Å². The molecule has 0 spiro atoms. The van der Waals surface area contributed by atoms with Crippen LogP contribution in [0, 0.1) is 17.1 Å². The van der Waals surface area contributed by atoms with Gasteiger partial charge in [0.1, 0.15) is 11.9 Å². The molecule has 2 N–H and O–H groups in total. The summed E-state index contributed by atoms with van der Waals surface area (Å²) in [6.07, 6.45) is 6.69. The van der Waals surface area contributed by atoms with E-state index in [4.69, 9.17) is 11.6 Å². The second kappa shape index (κ2) is 9.05. The lowest BCUT2D eigenvalue weighted by Crippen LogP contribution is -2.23. The van der Waals surface area contributed by atoms with Crippen LogP contribution >= 0.6 is 11.6 Å². The first-order valence-corrected chi connectivity index (χ1v) is 11.2. The average Bonchev–Trinajstić information content (AvgIpc) is 3.30. The van der Waals surface area contributed by atoms with E-state index in [-0.39, 0.29) is 11.1 Å². The largest absolute Gasteiger partial charge is 0.382 e. The lowest BCUT2D eigenvalue weighted by atomic mass is 9.98. The number of pyridine rings is 2. The number of hydrogen-bond acceptors (Lipinski definition) is 5. The molecule has 2 aromatic carbocycles. The van der Waals surface area contributed by atoms with Gasteiger partial charge in [0.2, 0.25) is 0 Å². The molecular formula is C26H21ClFN5. The first-order chi connectivity index (χ1) is 16.1. The molecule has 2 atom stereocenters. The molecule has 1 saturated carbocycles. The third-order valence-electron chi connectivity index (χ3n) is 6.11. The van der Waals surface area contributed by atoms with Gasteiger partial charge in [-0.3, -0.25) is 9.97 Å². The van der Waals surface area contributed by atoms with Gasteiger partial charge in [-0.1, -0.05) is 24.1 Å². The van der Waals surface area contributed by atoms with Gasteiger partial charge in [-0.2, -0.15) is 5.26 Å². The average molecular weight is 458 g/mol. The van der Waals surface area contributed by atoms with Crippen molar-refractivity contribution in [1.29, 1.82) is 5.26 Å². The highest BCUT2D eigenvalue weighted by atomic mass is 35.5. The molecule has 1 fully saturated rings. The van der Waals surface area contributed by atoms with Crippen LogP contribution in [0.5, 0.6) is 0 Å². The molecule has 0 bridgehead atoms. The molecule has 0 aliphatic heterocycles. The predicted octanol–water partition coefficient (Wildman–Crippen LogP) is 6.79. The fraction of sp³-hybridized carbons (Fsp3) is 0.192. The maximum atomic E-state index is 13.6. The molecule has 2 aromatic heterocycles. The van der Waals surface area contributed by atoms with E-state index in [0.717, 1.165) is 41.5 Å².